The van der Waals surface area contributed by atoms with Gasteiger partial charge in [-0.25, -0.2) is 0 Å². The molecule has 0 unspecified atom stereocenters. The standard InChI is InChI=1S/C23H2F11N7S/c24-22(25,26)17-1-10(2-18(15(17)8-40)23(27,28)29)12(5-37)20-14(7-39)13(6-38)19(11(3-35)4-36)21(16(20)9-41)42(30,31,32,33)34/h1-2H/b20-12+. The number of hydrogen-bond acceptors (Lipinski definition) is 7. The van der Waals surface area contributed by atoms with Crippen molar-refractivity contribution >= 4 is 21.4 Å². The van der Waals surface area contributed by atoms with E-state index >= 15 is 0 Å². The van der Waals surface area contributed by atoms with Gasteiger partial charge in [0.1, 0.15) is 53.0 Å². The lowest BCUT2D eigenvalue weighted by Gasteiger charge is -2.41. The Kier molecular flexibility index (Phi) is 7.24. The van der Waals surface area contributed by atoms with E-state index in [1.54, 1.807) is 0 Å². The van der Waals surface area contributed by atoms with Gasteiger partial charge in [-0.15, -0.1) is 0 Å². The van der Waals surface area contributed by atoms with Gasteiger partial charge in [0.25, 0.3) is 0 Å². The number of nitriles is 7. The predicted molar refractivity (Wildman–Crippen MR) is 115 cm³/mol. The number of rotatable bonds is 2. The molecule has 212 valence electrons. The van der Waals surface area contributed by atoms with Crippen LogP contribution in [0.5, 0.6) is 0 Å². The normalized spacial score (nSPS) is 13.7. The maximum atomic E-state index is 14.3. The van der Waals surface area contributed by atoms with E-state index in [0.29, 0.717) is 12.1 Å². The van der Waals surface area contributed by atoms with E-state index in [-0.39, 0.29) is 12.1 Å². The van der Waals surface area contributed by atoms with Crippen LogP contribution < -0.4 is 10.4 Å². The van der Waals surface area contributed by atoms with Crippen LogP contribution in [0, 0.1) is 79.3 Å². The highest BCUT2D eigenvalue weighted by atomic mass is 32.5. The molecule has 0 aromatic heterocycles. The predicted octanol–water partition coefficient (Wildman–Crippen LogP) is 5.79. The third-order valence-corrected chi connectivity index (χ3v) is 6.34. The molecule has 0 N–H and O–H groups in total. The van der Waals surface area contributed by atoms with E-state index in [0.717, 1.165) is 30.3 Å². The Bertz CT molecular complexity index is 1960. The van der Waals surface area contributed by atoms with E-state index < -0.39 is 88.0 Å². The van der Waals surface area contributed by atoms with E-state index in [1.165, 1.54) is 0 Å². The summed E-state index contributed by atoms with van der Waals surface area (Å²) in [5, 5.41) is 61.1. The molecule has 0 aliphatic carbocycles. The van der Waals surface area contributed by atoms with Crippen molar-refractivity contribution in [3.8, 4) is 42.5 Å². The van der Waals surface area contributed by atoms with Crippen molar-refractivity contribution in [2.45, 2.75) is 17.2 Å². The topological polar surface area (TPSA) is 167 Å². The molecule has 0 atom stereocenters. The molecule has 2 rings (SSSR count). The van der Waals surface area contributed by atoms with Crippen molar-refractivity contribution in [3.63, 3.8) is 0 Å². The molecular weight excluding hydrogens is 615 g/mol. The Morgan fingerprint density at radius 2 is 0.929 bits per heavy atom. The van der Waals surface area contributed by atoms with E-state index in [9.17, 15) is 66.8 Å². The smallest absolute Gasteiger partial charge is 0.192 e. The first kappa shape index (κ1) is 32.4. The van der Waals surface area contributed by atoms with Crippen LogP contribution in [-0.4, -0.2) is 0 Å². The molecule has 0 aliphatic heterocycles. The summed E-state index contributed by atoms with van der Waals surface area (Å²) in [6.07, 6.45) is -11.6. The van der Waals surface area contributed by atoms with Crippen LogP contribution in [-0.2, 0) is 12.4 Å². The highest BCUT2D eigenvalue weighted by Crippen LogP contribution is 3.01. The molecule has 42 heavy (non-hydrogen) atoms. The summed E-state index contributed by atoms with van der Waals surface area (Å²) >= 11 is 0. The molecule has 0 bridgehead atoms. The summed E-state index contributed by atoms with van der Waals surface area (Å²) in [5.74, 6) is 0. The molecule has 0 saturated heterocycles. The summed E-state index contributed by atoms with van der Waals surface area (Å²) in [7, 11) is -11.4. The second kappa shape index (κ2) is 9.39. The Morgan fingerprint density at radius 1 is 0.548 bits per heavy atom. The molecule has 2 aromatic carbocycles. The van der Waals surface area contributed by atoms with E-state index in [2.05, 4.69) is 0 Å². The maximum absolute atomic E-state index is 14.3. The molecule has 0 saturated carbocycles. The lowest BCUT2D eigenvalue weighted by Crippen LogP contribution is -2.34. The average Bonchev–Trinajstić information content (AvgIpc) is 2.86. The largest absolute Gasteiger partial charge is 0.417 e. The summed E-state index contributed by atoms with van der Waals surface area (Å²) in [5.41, 5.74) is -18.2. The molecule has 0 amide bonds. The van der Waals surface area contributed by atoms with Crippen molar-refractivity contribution in [2.24, 2.45) is 0 Å². The van der Waals surface area contributed by atoms with Gasteiger partial charge < -0.3 is 0 Å². The fraction of sp³-hybridized carbons (Fsp3) is 0.0870. The molecule has 2 aromatic rings. The number of nitrogens with zero attached hydrogens (tertiary/aromatic N) is 7. The van der Waals surface area contributed by atoms with Gasteiger partial charge in [-0.1, -0.05) is 19.4 Å². The highest BCUT2D eigenvalue weighted by molar-refractivity contribution is 8.45. The summed E-state index contributed by atoms with van der Waals surface area (Å²) < 4.78 is 153. The minimum Gasteiger partial charge on any atom is -0.192 e. The van der Waals surface area contributed by atoms with Crippen molar-refractivity contribution < 1.29 is 45.8 Å². The molecule has 0 radical (unpaired) electrons. The van der Waals surface area contributed by atoms with Crippen LogP contribution in [0.1, 0.15) is 38.9 Å². The lowest BCUT2D eigenvalue weighted by atomic mass is 9.89. The number of hydrogen-bond donors (Lipinski definition) is 0. The summed E-state index contributed by atoms with van der Waals surface area (Å²) in [4.78, 5) is -3.46. The first-order valence-electron chi connectivity index (χ1n) is 9.83. The van der Waals surface area contributed by atoms with Crippen LogP contribution in [0.4, 0.5) is 45.8 Å². The SMILES string of the molecule is N#CC(C#N)=c1c(C#N)c(C#N)/c(=C(/C#N)c2cc(C(F)(F)F)c(C#N)c(C(F)(F)F)c2)c(C#N)c1S(F)(F)(F)(F)F. The Balaban J connectivity index is 3.77. The van der Waals surface area contributed by atoms with Crippen molar-refractivity contribution in [1.29, 1.82) is 36.8 Å². The number of alkyl halides is 6. The van der Waals surface area contributed by atoms with Gasteiger partial charge in [-0.3, -0.25) is 0 Å². The third-order valence-electron chi connectivity index (χ3n) is 5.16. The zero-order chi connectivity index (χ0) is 32.7. The molecule has 0 heterocycles. The quantitative estimate of drug-likeness (QED) is 0.385. The first-order chi connectivity index (χ1) is 19.0. The van der Waals surface area contributed by atoms with Crippen molar-refractivity contribution in [2.75, 3.05) is 0 Å². The second-order valence-electron chi connectivity index (χ2n) is 7.65. The lowest BCUT2D eigenvalue weighted by molar-refractivity contribution is -0.143. The minimum atomic E-state index is -11.4. The monoisotopic (exact) mass is 617 g/mol. The fourth-order valence-electron chi connectivity index (χ4n) is 3.69. The van der Waals surface area contributed by atoms with E-state index in [4.69, 9.17) is 15.8 Å². The minimum absolute atomic E-state index is 0.351. The molecular formula is C23H2F11N7S. The molecule has 7 nitrogen and oxygen atoms in total. The van der Waals surface area contributed by atoms with Crippen LogP contribution in [0.15, 0.2) is 17.0 Å². The van der Waals surface area contributed by atoms with E-state index in [1.807, 2.05) is 0 Å². The van der Waals surface area contributed by atoms with Gasteiger partial charge in [0, 0.05) is 10.4 Å². The molecule has 19 heteroatoms. The zero-order valence-corrected chi connectivity index (χ0v) is 20.2. The van der Waals surface area contributed by atoms with Crippen molar-refractivity contribution in [1.82, 2.24) is 0 Å². The van der Waals surface area contributed by atoms with Gasteiger partial charge in [0.15, 0.2) is 0 Å². The summed E-state index contributed by atoms with van der Waals surface area (Å²) in [6, 6.07) is 4.68. The van der Waals surface area contributed by atoms with Crippen LogP contribution in [0.2, 0.25) is 0 Å². The second-order valence-corrected chi connectivity index (χ2v) is 9.99. The van der Waals surface area contributed by atoms with Gasteiger partial charge in [0.05, 0.1) is 39.0 Å². The average molecular weight is 617 g/mol. The third kappa shape index (κ3) is 5.58. The maximum Gasteiger partial charge on any atom is 0.417 e. The molecule has 0 fully saturated rings. The summed E-state index contributed by atoms with van der Waals surface area (Å²) in [6.45, 7) is 0. The number of benzene rings is 2. The van der Waals surface area contributed by atoms with Gasteiger partial charge in [-0.2, -0.15) is 63.2 Å². The highest BCUT2D eigenvalue weighted by Gasteiger charge is 2.68. The zero-order valence-electron chi connectivity index (χ0n) is 19.4. The Morgan fingerprint density at radius 3 is 1.21 bits per heavy atom. The van der Waals surface area contributed by atoms with Crippen LogP contribution in [0.3, 0.4) is 0 Å². The molecule has 0 aliphatic rings. The van der Waals surface area contributed by atoms with Gasteiger partial charge in [0.2, 0.25) is 0 Å². The van der Waals surface area contributed by atoms with Crippen LogP contribution >= 0.6 is 10.2 Å². The van der Waals surface area contributed by atoms with Gasteiger partial charge >= 0.3 is 22.6 Å². The molecule has 0 spiro atoms. The van der Waals surface area contributed by atoms with Gasteiger partial charge in [-0.05, 0) is 17.7 Å². The first-order valence-corrected chi connectivity index (χ1v) is 11.8. The number of halogens is 11. The Labute approximate surface area is 225 Å². The Hall–Kier alpha value is -5.81. The van der Waals surface area contributed by atoms with Crippen molar-refractivity contribution in [3.05, 3.63) is 61.5 Å². The fourth-order valence-corrected chi connectivity index (χ4v) is 4.81. The van der Waals surface area contributed by atoms with Crippen LogP contribution in [0.25, 0.3) is 11.1 Å².